The Morgan fingerprint density at radius 3 is 2.45 bits per heavy atom. The average Bonchev–Trinajstić information content (AvgIpc) is 2.55. The van der Waals surface area contributed by atoms with E-state index in [9.17, 15) is 4.79 Å². The van der Waals surface area contributed by atoms with Gasteiger partial charge in [-0.2, -0.15) is 0 Å². The van der Waals surface area contributed by atoms with Gasteiger partial charge in [-0.05, 0) is 35.7 Å². The van der Waals surface area contributed by atoms with Crippen LogP contribution in [0.1, 0.15) is 0 Å². The molecule has 3 aromatic rings. The molecular weight excluding hydrogens is 300 g/mol. The number of carbonyl (C=O) groups is 1. The molecule has 0 aliphatic carbocycles. The van der Waals surface area contributed by atoms with Gasteiger partial charge in [0.15, 0.2) is 6.61 Å². The molecule has 3 nitrogen and oxygen atoms in total. The first-order chi connectivity index (χ1) is 10.7. The summed E-state index contributed by atoms with van der Waals surface area (Å²) in [5.74, 6) is 0.636. The summed E-state index contributed by atoms with van der Waals surface area (Å²) >= 11 is 5.78. The van der Waals surface area contributed by atoms with Crippen LogP contribution in [0.3, 0.4) is 0 Å². The summed E-state index contributed by atoms with van der Waals surface area (Å²) in [7, 11) is 0. The van der Waals surface area contributed by atoms with E-state index in [4.69, 9.17) is 21.1 Å². The first-order valence-electron chi connectivity index (χ1n) is 6.79. The lowest BCUT2D eigenvalue weighted by atomic mass is 10.1. The van der Waals surface area contributed by atoms with Gasteiger partial charge in [0.05, 0.1) is 0 Å². The molecule has 4 heteroatoms. The molecule has 0 aliphatic heterocycles. The summed E-state index contributed by atoms with van der Waals surface area (Å²) in [4.78, 5) is 11.8. The van der Waals surface area contributed by atoms with Crippen molar-refractivity contribution in [3.8, 4) is 11.5 Å². The number of fused-ring (bicyclic) bond motifs is 1. The van der Waals surface area contributed by atoms with Gasteiger partial charge in [0, 0.05) is 10.4 Å². The fraction of sp³-hybridized carbons (Fsp3) is 0.0556. The van der Waals surface area contributed by atoms with Crippen molar-refractivity contribution in [1.82, 2.24) is 0 Å². The van der Waals surface area contributed by atoms with Crippen LogP contribution in [0, 0.1) is 0 Å². The molecule has 22 heavy (non-hydrogen) atoms. The maximum Gasteiger partial charge on any atom is 0.349 e. The van der Waals surface area contributed by atoms with Crippen molar-refractivity contribution in [2.75, 3.05) is 6.61 Å². The summed E-state index contributed by atoms with van der Waals surface area (Å²) < 4.78 is 10.8. The molecule has 0 aliphatic rings. The number of carbonyl (C=O) groups excluding carboxylic acids is 1. The van der Waals surface area contributed by atoms with Crippen molar-refractivity contribution < 1.29 is 14.3 Å². The SMILES string of the molecule is O=C(COc1cccc2ccccc12)Oc1ccc(Cl)cc1. The second-order valence-corrected chi connectivity index (χ2v) is 5.13. The number of ether oxygens (including phenoxy) is 2. The van der Waals surface area contributed by atoms with Gasteiger partial charge in [-0.25, -0.2) is 4.79 Å². The molecule has 0 N–H and O–H groups in total. The summed E-state index contributed by atoms with van der Waals surface area (Å²) in [6, 6.07) is 20.2. The van der Waals surface area contributed by atoms with E-state index in [-0.39, 0.29) is 6.61 Å². The highest BCUT2D eigenvalue weighted by Crippen LogP contribution is 2.25. The monoisotopic (exact) mass is 312 g/mol. The van der Waals surface area contributed by atoms with Crippen LogP contribution < -0.4 is 9.47 Å². The molecule has 0 fully saturated rings. The van der Waals surface area contributed by atoms with E-state index in [0.717, 1.165) is 10.8 Å². The summed E-state index contributed by atoms with van der Waals surface area (Å²) in [6.07, 6.45) is 0. The average molecular weight is 313 g/mol. The molecule has 0 spiro atoms. The molecule has 0 amide bonds. The van der Waals surface area contributed by atoms with Gasteiger partial charge in [0.1, 0.15) is 11.5 Å². The molecule has 3 aromatic carbocycles. The number of rotatable bonds is 4. The number of hydrogen-bond acceptors (Lipinski definition) is 3. The second kappa shape index (κ2) is 6.50. The van der Waals surface area contributed by atoms with Crippen LogP contribution in [-0.4, -0.2) is 12.6 Å². The van der Waals surface area contributed by atoms with Gasteiger partial charge in [0.25, 0.3) is 0 Å². The van der Waals surface area contributed by atoms with E-state index in [1.807, 2.05) is 42.5 Å². The Labute approximate surface area is 133 Å². The van der Waals surface area contributed by atoms with Gasteiger partial charge in [0.2, 0.25) is 0 Å². The first kappa shape index (κ1) is 14.4. The lowest BCUT2D eigenvalue weighted by Crippen LogP contribution is -2.17. The van der Waals surface area contributed by atoms with Crippen molar-refractivity contribution in [1.29, 1.82) is 0 Å². The highest BCUT2D eigenvalue weighted by molar-refractivity contribution is 6.30. The van der Waals surface area contributed by atoms with Crippen LogP contribution >= 0.6 is 11.6 Å². The Morgan fingerprint density at radius 2 is 1.64 bits per heavy atom. The maximum absolute atomic E-state index is 11.8. The molecule has 0 bridgehead atoms. The van der Waals surface area contributed by atoms with E-state index in [1.165, 1.54) is 0 Å². The fourth-order valence-corrected chi connectivity index (χ4v) is 2.25. The molecule has 3 rings (SSSR count). The summed E-state index contributed by atoms with van der Waals surface area (Å²) in [5, 5.41) is 2.61. The normalized spacial score (nSPS) is 10.4. The van der Waals surface area contributed by atoms with Crippen LogP contribution in [0.25, 0.3) is 10.8 Å². The molecule has 110 valence electrons. The zero-order valence-electron chi connectivity index (χ0n) is 11.7. The van der Waals surface area contributed by atoms with Crippen LogP contribution in [0.15, 0.2) is 66.7 Å². The third-order valence-electron chi connectivity index (χ3n) is 3.14. The van der Waals surface area contributed by atoms with Gasteiger partial charge >= 0.3 is 5.97 Å². The van der Waals surface area contributed by atoms with E-state index >= 15 is 0 Å². The maximum atomic E-state index is 11.8. The van der Waals surface area contributed by atoms with Crippen molar-refractivity contribution >= 4 is 28.3 Å². The van der Waals surface area contributed by atoms with Crippen LogP contribution in [0.5, 0.6) is 11.5 Å². The Hall–Kier alpha value is -2.52. The minimum absolute atomic E-state index is 0.156. The highest BCUT2D eigenvalue weighted by atomic mass is 35.5. The predicted molar refractivity (Wildman–Crippen MR) is 86.5 cm³/mol. The van der Waals surface area contributed by atoms with Crippen molar-refractivity contribution in [2.24, 2.45) is 0 Å². The second-order valence-electron chi connectivity index (χ2n) is 4.69. The van der Waals surface area contributed by atoms with Gasteiger partial charge in [-0.1, -0.05) is 48.0 Å². The zero-order chi connectivity index (χ0) is 15.4. The summed E-state index contributed by atoms with van der Waals surface area (Å²) in [5.41, 5.74) is 0. The quantitative estimate of drug-likeness (QED) is 0.526. The Balaban J connectivity index is 1.66. The van der Waals surface area contributed by atoms with Gasteiger partial charge in [-0.3, -0.25) is 0 Å². The molecule has 0 radical (unpaired) electrons. The molecule has 0 unspecified atom stereocenters. The number of esters is 1. The third kappa shape index (κ3) is 3.38. The Bertz CT molecular complexity index is 792. The number of hydrogen-bond donors (Lipinski definition) is 0. The lowest BCUT2D eigenvalue weighted by Gasteiger charge is -2.09. The van der Waals surface area contributed by atoms with Crippen LogP contribution in [0.4, 0.5) is 0 Å². The van der Waals surface area contributed by atoms with Crippen molar-refractivity contribution in [2.45, 2.75) is 0 Å². The van der Waals surface area contributed by atoms with Crippen molar-refractivity contribution in [3.05, 3.63) is 71.8 Å². The van der Waals surface area contributed by atoms with E-state index in [0.29, 0.717) is 16.5 Å². The predicted octanol–water partition coefficient (Wildman–Crippen LogP) is 4.48. The van der Waals surface area contributed by atoms with E-state index < -0.39 is 5.97 Å². The molecule has 0 atom stereocenters. The van der Waals surface area contributed by atoms with Crippen LogP contribution in [-0.2, 0) is 4.79 Å². The number of halogens is 1. The molecule has 0 saturated carbocycles. The highest BCUT2D eigenvalue weighted by Gasteiger charge is 2.08. The van der Waals surface area contributed by atoms with Gasteiger partial charge < -0.3 is 9.47 Å². The topological polar surface area (TPSA) is 35.5 Å². The Kier molecular flexibility index (Phi) is 4.26. The molecular formula is C18H13ClO3. The molecule has 0 aromatic heterocycles. The number of benzene rings is 3. The minimum Gasteiger partial charge on any atom is -0.481 e. The summed E-state index contributed by atoms with van der Waals surface area (Å²) in [6.45, 7) is -0.156. The standard InChI is InChI=1S/C18H13ClO3/c19-14-8-10-15(11-9-14)22-18(20)12-21-17-7-3-5-13-4-1-2-6-16(13)17/h1-11H,12H2. The smallest absolute Gasteiger partial charge is 0.349 e. The first-order valence-corrected chi connectivity index (χ1v) is 7.17. The largest absolute Gasteiger partial charge is 0.481 e. The lowest BCUT2D eigenvalue weighted by molar-refractivity contribution is -0.136. The zero-order valence-corrected chi connectivity index (χ0v) is 12.4. The van der Waals surface area contributed by atoms with E-state index in [2.05, 4.69) is 0 Å². The molecule has 0 saturated heterocycles. The van der Waals surface area contributed by atoms with Gasteiger partial charge in [-0.15, -0.1) is 0 Å². The van der Waals surface area contributed by atoms with E-state index in [1.54, 1.807) is 24.3 Å². The Morgan fingerprint density at radius 1 is 0.909 bits per heavy atom. The van der Waals surface area contributed by atoms with Crippen molar-refractivity contribution in [3.63, 3.8) is 0 Å². The fourth-order valence-electron chi connectivity index (χ4n) is 2.12. The third-order valence-corrected chi connectivity index (χ3v) is 3.39. The van der Waals surface area contributed by atoms with Crippen LogP contribution in [0.2, 0.25) is 5.02 Å². The minimum atomic E-state index is -0.463. The molecule has 0 heterocycles.